The summed E-state index contributed by atoms with van der Waals surface area (Å²) >= 11 is 0. The van der Waals surface area contributed by atoms with Crippen molar-refractivity contribution in [3.05, 3.63) is 95.2 Å². The van der Waals surface area contributed by atoms with Gasteiger partial charge in [0.15, 0.2) is 0 Å². The molecule has 5 rings (SSSR count). The van der Waals surface area contributed by atoms with Crippen molar-refractivity contribution in [2.24, 2.45) is 5.73 Å². The Balaban J connectivity index is 1.42. The largest absolute Gasteiger partial charge is 0.416 e. The number of carbonyl (C=O) groups excluding carboxylic acids is 2. The molecule has 43 heavy (non-hydrogen) atoms. The van der Waals surface area contributed by atoms with Gasteiger partial charge in [-0.3, -0.25) is 4.79 Å². The third-order valence-electron chi connectivity index (χ3n) is 7.71. The molecule has 3 amide bonds. The number of nitrogens with two attached hydrogens (primary N) is 1. The van der Waals surface area contributed by atoms with Gasteiger partial charge in [0.1, 0.15) is 0 Å². The number of aromatic nitrogens is 3. The number of hydrogen-bond acceptors (Lipinski definition) is 4. The van der Waals surface area contributed by atoms with Crippen molar-refractivity contribution in [1.82, 2.24) is 24.8 Å². The Morgan fingerprint density at radius 1 is 0.953 bits per heavy atom. The fourth-order valence-corrected chi connectivity index (χ4v) is 5.54. The zero-order valence-electron chi connectivity index (χ0n) is 24.2. The predicted molar refractivity (Wildman–Crippen MR) is 157 cm³/mol. The number of rotatable bonds is 6. The van der Waals surface area contributed by atoms with Gasteiger partial charge in [0.25, 0.3) is 0 Å². The first-order valence-electron chi connectivity index (χ1n) is 14.0. The lowest BCUT2D eigenvalue weighted by Crippen LogP contribution is -2.54. The Kier molecular flexibility index (Phi) is 8.00. The molecule has 11 heteroatoms. The number of benzene rings is 3. The second kappa shape index (κ2) is 11.5. The Morgan fingerprint density at radius 2 is 1.67 bits per heavy atom. The van der Waals surface area contributed by atoms with Gasteiger partial charge < -0.3 is 15.5 Å². The summed E-state index contributed by atoms with van der Waals surface area (Å²) in [7, 11) is 0. The number of nitrogens with zero attached hydrogens (tertiary/aromatic N) is 5. The molecule has 0 bridgehead atoms. The minimum atomic E-state index is -4.49. The van der Waals surface area contributed by atoms with E-state index >= 15 is 0 Å². The fraction of sp³-hybridized carbons (Fsp3) is 0.312. The Bertz CT molecular complexity index is 1640. The van der Waals surface area contributed by atoms with Crippen LogP contribution in [0.15, 0.2) is 72.9 Å². The molecule has 0 unspecified atom stereocenters. The summed E-state index contributed by atoms with van der Waals surface area (Å²) in [5.41, 5.74) is 8.70. The van der Waals surface area contributed by atoms with Crippen LogP contribution in [0.1, 0.15) is 47.8 Å². The Labute approximate surface area is 247 Å². The average molecular weight is 591 g/mol. The van der Waals surface area contributed by atoms with Crippen LogP contribution in [0.2, 0.25) is 0 Å². The second-order valence-electron chi connectivity index (χ2n) is 11.5. The minimum Gasteiger partial charge on any atom is -0.366 e. The van der Waals surface area contributed by atoms with E-state index in [0.29, 0.717) is 42.7 Å². The third-order valence-corrected chi connectivity index (χ3v) is 7.71. The highest BCUT2D eigenvalue weighted by molar-refractivity contribution is 5.96. The van der Waals surface area contributed by atoms with Gasteiger partial charge in [-0.05, 0) is 67.6 Å². The van der Waals surface area contributed by atoms with Crippen LogP contribution in [-0.2, 0) is 25.7 Å². The van der Waals surface area contributed by atoms with Gasteiger partial charge in [-0.25, -0.2) is 9.48 Å². The number of amides is 3. The van der Waals surface area contributed by atoms with Crippen molar-refractivity contribution in [3.8, 4) is 22.4 Å². The minimum absolute atomic E-state index is 0.102. The maximum Gasteiger partial charge on any atom is 0.416 e. The van der Waals surface area contributed by atoms with Crippen molar-refractivity contribution in [2.75, 3.05) is 13.1 Å². The molecule has 0 atom stereocenters. The van der Waals surface area contributed by atoms with Crippen LogP contribution < -0.4 is 5.73 Å². The van der Waals surface area contributed by atoms with Gasteiger partial charge in [-0.15, -0.1) is 5.10 Å². The van der Waals surface area contributed by atoms with Gasteiger partial charge in [0.05, 0.1) is 24.0 Å². The van der Waals surface area contributed by atoms with Gasteiger partial charge in [-0.1, -0.05) is 53.7 Å². The van der Waals surface area contributed by atoms with Crippen molar-refractivity contribution < 1.29 is 22.8 Å². The number of urea groups is 1. The maximum absolute atomic E-state index is 14.0. The third kappa shape index (κ3) is 6.25. The second-order valence-corrected chi connectivity index (χ2v) is 11.5. The number of carbonyl (C=O) groups is 2. The van der Waals surface area contributed by atoms with Gasteiger partial charge in [-0.2, -0.15) is 13.2 Å². The highest BCUT2D eigenvalue weighted by Gasteiger charge is 2.34. The predicted octanol–water partition coefficient (Wildman–Crippen LogP) is 6.01. The van der Waals surface area contributed by atoms with Crippen molar-refractivity contribution in [1.29, 1.82) is 0 Å². The molecule has 0 saturated carbocycles. The summed E-state index contributed by atoms with van der Waals surface area (Å²) in [6.45, 7) is 7.02. The number of primary amides is 1. The van der Waals surface area contributed by atoms with Crippen LogP contribution in [0.25, 0.3) is 22.4 Å². The number of halogens is 3. The quantitative estimate of drug-likeness (QED) is 0.298. The van der Waals surface area contributed by atoms with Crippen LogP contribution in [0.3, 0.4) is 0 Å². The molecular formula is C32H33F3N6O2. The normalized spacial score (nSPS) is 13.5. The zero-order chi connectivity index (χ0) is 30.9. The zero-order valence-corrected chi connectivity index (χ0v) is 24.2. The monoisotopic (exact) mass is 590 g/mol. The van der Waals surface area contributed by atoms with Crippen molar-refractivity contribution >= 4 is 11.9 Å². The smallest absolute Gasteiger partial charge is 0.366 e. The van der Waals surface area contributed by atoms with E-state index in [2.05, 4.69) is 10.3 Å². The molecule has 1 aromatic heterocycles. The van der Waals surface area contributed by atoms with Crippen LogP contribution in [-0.4, -0.2) is 55.4 Å². The van der Waals surface area contributed by atoms with E-state index in [1.807, 2.05) is 51.1 Å². The molecule has 224 valence electrons. The van der Waals surface area contributed by atoms with E-state index < -0.39 is 23.2 Å². The summed E-state index contributed by atoms with van der Waals surface area (Å²) < 4.78 is 42.1. The molecule has 2 heterocycles. The summed E-state index contributed by atoms with van der Waals surface area (Å²) in [4.78, 5) is 29.8. The molecule has 4 aromatic rings. The first kappa shape index (κ1) is 29.8. The summed E-state index contributed by atoms with van der Waals surface area (Å²) in [5.74, 6) is -0.659. The molecule has 0 fully saturated rings. The molecule has 0 spiro atoms. The number of fused-ring (bicyclic) bond motifs is 1. The highest BCUT2D eigenvalue weighted by Crippen LogP contribution is 2.37. The van der Waals surface area contributed by atoms with Gasteiger partial charge in [0.2, 0.25) is 5.91 Å². The highest BCUT2D eigenvalue weighted by atomic mass is 19.4. The number of alkyl halides is 3. The molecule has 0 radical (unpaired) electrons. The lowest BCUT2D eigenvalue weighted by molar-refractivity contribution is -0.137. The van der Waals surface area contributed by atoms with E-state index in [-0.39, 0.29) is 18.1 Å². The van der Waals surface area contributed by atoms with E-state index in [9.17, 15) is 22.8 Å². The Morgan fingerprint density at radius 3 is 2.35 bits per heavy atom. The van der Waals surface area contributed by atoms with Crippen LogP contribution >= 0.6 is 0 Å². The molecule has 0 saturated heterocycles. The molecule has 2 N–H and O–H groups in total. The van der Waals surface area contributed by atoms with E-state index in [1.54, 1.807) is 32.8 Å². The molecule has 3 aromatic carbocycles. The molecule has 0 aliphatic carbocycles. The van der Waals surface area contributed by atoms with E-state index in [0.717, 1.165) is 29.0 Å². The molecule has 1 aliphatic heterocycles. The van der Waals surface area contributed by atoms with Crippen molar-refractivity contribution in [3.63, 3.8) is 0 Å². The maximum atomic E-state index is 14.0. The van der Waals surface area contributed by atoms with E-state index in [1.165, 1.54) is 12.1 Å². The molecule has 1 aliphatic rings. The summed E-state index contributed by atoms with van der Waals surface area (Å²) in [5, 5.41) is 8.30. The lowest BCUT2D eigenvalue weighted by atomic mass is 9.87. The average Bonchev–Trinajstić information content (AvgIpc) is 3.44. The molecule has 8 nitrogen and oxygen atoms in total. The fourth-order valence-electron chi connectivity index (χ4n) is 5.54. The Hall–Kier alpha value is -4.67. The van der Waals surface area contributed by atoms with Crippen LogP contribution in [0.5, 0.6) is 0 Å². The van der Waals surface area contributed by atoms with Crippen LogP contribution in [0, 0.1) is 0 Å². The standard InChI is InChI=1S/C32H33F3N6O2/c1-31(2,3)40(16-17-41-28(19-37-38-41)21-8-5-4-6-9-21)30(43)39-15-14-25-24(12-13-26(29(36)42)27(25)20-39)22-10-7-11-23(18-22)32(33,34)35/h4-13,18-19H,14-17,20H2,1-3H3,(H2,36,42). The first-order chi connectivity index (χ1) is 20.3. The van der Waals surface area contributed by atoms with E-state index in [4.69, 9.17) is 5.73 Å². The lowest BCUT2D eigenvalue weighted by Gasteiger charge is -2.41. The SMILES string of the molecule is CC(C)(C)N(CCn1nncc1-c1ccccc1)C(=O)N1CCc2c(-c3cccc(C(F)(F)F)c3)ccc(C(N)=O)c2C1. The van der Waals surface area contributed by atoms with Gasteiger partial charge in [0, 0.05) is 36.3 Å². The van der Waals surface area contributed by atoms with Gasteiger partial charge >= 0.3 is 12.2 Å². The van der Waals surface area contributed by atoms with Crippen LogP contribution in [0.4, 0.5) is 18.0 Å². The van der Waals surface area contributed by atoms with Crippen molar-refractivity contribution in [2.45, 2.75) is 52.0 Å². The topological polar surface area (TPSA) is 97.3 Å². The molecular weight excluding hydrogens is 557 g/mol. The first-order valence-corrected chi connectivity index (χ1v) is 14.0. The summed E-state index contributed by atoms with van der Waals surface area (Å²) in [6, 6.07) is 17.8. The summed E-state index contributed by atoms with van der Waals surface area (Å²) in [6.07, 6.45) is -2.45. The number of hydrogen-bond donors (Lipinski definition) is 1.